The number of hydrogen-bond donors (Lipinski definition) is 0. The van der Waals surface area contributed by atoms with Gasteiger partial charge in [-0.2, -0.15) is 43.9 Å². The van der Waals surface area contributed by atoms with Crippen molar-refractivity contribution >= 4 is 102 Å². The third-order valence-electron chi connectivity index (χ3n) is 12.0. The highest BCUT2D eigenvalue weighted by Gasteiger charge is 2.34. The largest absolute Gasteiger partial charge is 0.417 e. The van der Waals surface area contributed by atoms with Crippen molar-refractivity contribution in [1.82, 2.24) is 0 Å². The van der Waals surface area contributed by atoms with E-state index >= 15 is 0 Å². The molecule has 9 rings (SSSR count). The second-order valence-electron chi connectivity index (χ2n) is 20.7. The first-order valence-electron chi connectivity index (χ1n) is 26.7. The van der Waals surface area contributed by atoms with Gasteiger partial charge in [-0.3, -0.25) is 0 Å². The Labute approximate surface area is 533 Å². The molecule has 0 unspecified atom stereocenters. The van der Waals surface area contributed by atoms with Gasteiger partial charge in [-0.05, 0) is 202 Å². The van der Waals surface area contributed by atoms with E-state index in [1.165, 1.54) is 106 Å². The van der Waals surface area contributed by atoms with Gasteiger partial charge in [0, 0.05) is 69.5 Å². The minimum Gasteiger partial charge on any atom is -0.206 e. The molecule has 0 amide bonds. The summed E-state index contributed by atoms with van der Waals surface area (Å²) < 4.78 is 145. The highest BCUT2D eigenvalue weighted by molar-refractivity contribution is 7.13. The molecule has 0 saturated carbocycles. The van der Waals surface area contributed by atoms with Crippen LogP contribution in [-0.2, 0) is 12.4 Å². The average Bonchev–Trinajstić information content (AvgIpc) is 4.35. The first-order valence-corrected chi connectivity index (χ1v) is 34.1. The Morgan fingerprint density at radius 3 is 0.753 bits per heavy atom. The predicted molar refractivity (Wildman–Crippen MR) is 351 cm³/mol. The normalized spacial score (nSPS) is 10.9. The number of alkyl halides is 6. The molecule has 0 saturated heterocycles. The Hall–Kier alpha value is -3.54. The zero-order chi connectivity index (χ0) is 65.8. The van der Waals surface area contributed by atoms with E-state index in [2.05, 4.69) is 114 Å². The molecule has 9 heterocycles. The molecule has 0 nitrogen and oxygen atoms in total. The van der Waals surface area contributed by atoms with Crippen LogP contribution in [-0.4, -0.2) is 0 Å². The van der Waals surface area contributed by atoms with Crippen LogP contribution in [0.15, 0.2) is 60.0 Å². The number of thiophene rings is 9. The molecule has 85 heavy (non-hydrogen) atoms. The van der Waals surface area contributed by atoms with Gasteiger partial charge in [-0.15, -0.1) is 102 Å². The zero-order valence-corrected chi connectivity index (χ0v) is 59.6. The second-order valence-corrected chi connectivity index (χ2v) is 32.5. The molecule has 21 heteroatoms. The van der Waals surface area contributed by atoms with E-state index in [1.807, 2.05) is 61.7 Å². The maximum Gasteiger partial charge on any atom is 0.417 e. The highest BCUT2D eigenvalue weighted by atomic mass is 32.1. The Kier molecular flexibility index (Phi) is 34.4. The van der Waals surface area contributed by atoms with E-state index in [4.69, 9.17) is 0 Å². The summed E-state index contributed by atoms with van der Waals surface area (Å²) in [5, 5.41) is 0.751. The molecule has 0 aliphatic carbocycles. The van der Waals surface area contributed by atoms with Crippen molar-refractivity contribution in [2.75, 3.05) is 0 Å². The highest BCUT2D eigenvalue weighted by Crippen LogP contribution is 2.37. The lowest BCUT2D eigenvalue weighted by Gasteiger charge is -2.03. The predicted octanol–water partition coefficient (Wildman–Crippen LogP) is 27.4. The fourth-order valence-corrected chi connectivity index (χ4v) is 15.4. The summed E-state index contributed by atoms with van der Waals surface area (Å²) in [7, 11) is 0. The van der Waals surface area contributed by atoms with Crippen LogP contribution in [0.2, 0.25) is 0 Å². The van der Waals surface area contributed by atoms with Gasteiger partial charge in [0.15, 0.2) is 20.5 Å². The third-order valence-corrected chi connectivity index (χ3v) is 20.1. The lowest BCUT2D eigenvalue weighted by Crippen LogP contribution is -2.04. The van der Waals surface area contributed by atoms with Gasteiger partial charge >= 0.3 is 12.4 Å². The minimum atomic E-state index is -4.43. The fourth-order valence-electron chi connectivity index (χ4n) is 7.67. The van der Waals surface area contributed by atoms with Crippen molar-refractivity contribution in [1.29, 1.82) is 0 Å². The summed E-state index contributed by atoms with van der Waals surface area (Å²) in [6.45, 7) is 44.0. The van der Waals surface area contributed by atoms with Crippen molar-refractivity contribution in [2.45, 2.75) is 188 Å². The lowest BCUT2D eigenvalue weighted by atomic mass is 10.0. The van der Waals surface area contributed by atoms with Crippen LogP contribution < -0.4 is 0 Å². The molecule has 9 aromatic heterocycles. The van der Waals surface area contributed by atoms with Gasteiger partial charge in [0.1, 0.15) is 11.6 Å². The molecule has 0 spiro atoms. The molecule has 0 aliphatic rings. The summed E-state index contributed by atoms with van der Waals surface area (Å²) in [6, 6.07) is 14.1. The van der Waals surface area contributed by atoms with Crippen molar-refractivity contribution in [3.8, 4) is 0 Å². The zero-order valence-electron chi connectivity index (χ0n) is 52.3. The van der Waals surface area contributed by atoms with Crippen molar-refractivity contribution in [3.63, 3.8) is 0 Å². The van der Waals surface area contributed by atoms with Crippen LogP contribution in [0.5, 0.6) is 0 Å². The third kappa shape index (κ3) is 29.1. The summed E-state index contributed by atoms with van der Waals surface area (Å²) >= 11 is 12.1. The molecule has 0 radical (unpaired) electrons. The molecular weight excluding hydrogens is 1290 g/mol. The van der Waals surface area contributed by atoms with Crippen molar-refractivity contribution in [2.24, 2.45) is 0 Å². The maximum absolute atomic E-state index is 12.6. The van der Waals surface area contributed by atoms with Crippen LogP contribution in [0.1, 0.15) is 181 Å². The van der Waals surface area contributed by atoms with E-state index in [-0.39, 0.29) is 21.0 Å². The molecule has 0 atom stereocenters. The Morgan fingerprint density at radius 2 is 0.600 bits per heavy atom. The van der Waals surface area contributed by atoms with Crippen LogP contribution >= 0.6 is 102 Å². The standard InChI is InChI=1S/2C9H14S.C8H11FS.C8H12S.C7H7F3S.C6H4F4S.2C6H7FS.C5H4F2S/c2*1-6(2)9-5-7(3)10-8(9)4;1-5(2)7-4-8(9)10-6(7)3;1-6(2)8-4-5-9-7(8)3;1-4-3-6(5(2)11-4)7(8,9)10;1-3-4(6(8,9)10)2-5(7)11-3;1-4-3-6(7)5(2)8-4;1-4-3-6(7)8-5(4)2;1-3-4(6)2-5(7)8-3/h2*5-6H,1-4H3;4-5H,1-3H3;4-6H,1-3H3;3H,1-2H3;2H,1H3;2*3H,1-2H3;2H,1H3. The number of halogens is 12. The molecule has 0 fully saturated rings. The molecular formula is C64H80F12S9. The van der Waals surface area contributed by atoms with Gasteiger partial charge in [0.2, 0.25) is 0 Å². The average molecular weight is 1370 g/mol. The number of hydrogen-bond acceptors (Lipinski definition) is 9. The Balaban J connectivity index is 0.000000479. The number of aryl methyl sites for hydroxylation is 14. The van der Waals surface area contributed by atoms with Gasteiger partial charge < -0.3 is 0 Å². The van der Waals surface area contributed by atoms with E-state index in [0.717, 1.165) is 48.0 Å². The van der Waals surface area contributed by atoms with Gasteiger partial charge in [-0.25, -0.2) is 8.78 Å². The summed E-state index contributed by atoms with van der Waals surface area (Å²) in [5.74, 6) is 1.98. The maximum atomic E-state index is 12.6. The first-order chi connectivity index (χ1) is 39.0. The van der Waals surface area contributed by atoms with Crippen LogP contribution in [0.4, 0.5) is 52.7 Å². The minimum absolute atomic E-state index is 0.0324. The summed E-state index contributed by atoms with van der Waals surface area (Å²) in [6.07, 6.45) is -8.61. The molecule has 0 aromatic carbocycles. The molecule has 9 aromatic rings. The Morgan fingerprint density at radius 1 is 0.294 bits per heavy atom. The molecule has 0 bridgehead atoms. The molecule has 0 aliphatic heterocycles. The first kappa shape index (κ1) is 79.5. The SMILES string of the molecule is Cc1cc(C(C)C)c(C)s1.Cc1cc(C(C)C)c(C)s1.Cc1cc(C(F)(F)F)c(C)s1.Cc1cc(F)c(C)s1.Cc1cc(F)sc1C.Cc1sc(F)cc1C(C)C.Cc1sc(F)cc1C(F)(F)F.Cc1sc(F)cc1F.Cc1sccc1C(C)C. The van der Waals surface area contributed by atoms with Crippen molar-refractivity contribution < 1.29 is 52.7 Å². The summed E-state index contributed by atoms with van der Waals surface area (Å²) in [4.78, 5) is 12.7. The Bertz CT molecular complexity index is 3010. The van der Waals surface area contributed by atoms with E-state index in [1.54, 1.807) is 39.0 Å². The van der Waals surface area contributed by atoms with Crippen LogP contribution in [0.3, 0.4) is 0 Å². The molecule has 0 N–H and O–H groups in total. The lowest BCUT2D eigenvalue weighted by molar-refractivity contribution is -0.138. The van der Waals surface area contributed by atoms with Crippen LogP contribution in [0, 0.1) is 129 Å². The smallest absolute Gasteiger partial charge is 0.206 e. The van der Waals surface area contributed by atoms with E-state index in [9.17, 15) is 52.7 Å². The van der Waals surface area contributed by atoms with Crippen molar-refractivity contribution in [3.05, 3.63) is 194 Å². The van der Waals surface area contributed by atoms with E-state index < -0.39 is 39.6 Å². The summed E-state index contributed by atoms with van der Waals surface area (Å²) in [5.41, 5.74) is 5.35. The quantitative estimate of drug-likeness (QED) is 0.154. The second kappa shape index (κ2) is 36.8. The van der Waals surface area contributed by atoms with Gasteiger partial charge in [-0.1, -0.05) is 55.4 Å². The van der Waals surface area contributed by atoms with E-state index in [0.29, 0.717) is 55.7 Å². The number of rotatable bonds is 4. The van der Waals surface area contributed by atoms with Crippen LogP contribution in [0.25, 0.3) is 0 Å². The van der Waals surface area contributed by atoms with Gasteiger partial charge in [0.05, 0.1) is 11.1 Å². The molecule has 474 valence electrons. The topological polar surface area (TPSA) is 0 Å². The monoisotopic (exact) mass is 1360 g/mol. The fraction of sp³-hybridized carbons (Fsp3) is 0.438. The van der Waals surface area contributed by atoms with Gasteiger partial charge in [0.25, 0.3) is 0 Å².